The lowest BCUT2D eigenvalue weighted by atomic mass is 9.86. The molecule has 2 aliphatic rings. The summed E-state index contributed by atoms with van der Waals surface area (Å²) in [6, 6.07) is 0. The minimum atomic E-state index is 0.363. The molecule has 3 heteroatoms. The Labute approximate surface area is 91.8 Å². The van der Waals surface area contributed by atoms with E-state index in [2.05, 4.69) is 4.90 Å². The van der Waals surface area contributed by atoms with E-state index in [1.54, 1.807) is 0 Å². The maximum absolute atomic E-state index is 12.0. The second-order valence-electron chi connectivity index (χ2n) is 4.69. The van der Waals surface area contributed by atoms with E-state index in [-0.39, 0.29) is 0 Å². The molecule has 1 aliphatic carbocycles. The number of ketones is 1. The van der Waals surface area contributed by atoms with Crippen molar-refractivity contribution in [1.82, 2.24) is 4.90 Å². The SMILES string of the molecule is O=C(CN1CCOCC1)C1CCCCC1. The monoisotopic (exact) mass is 211 g/mol. The lowest BCUT2D eigenvalue weighted by Gasteiger charge is -2.28. The Balaban J connectivity index is 1.74. The number of hydrogen-bond donors (Lipinski definition) is 0. The molecule has 2 fully saturated rings. The molecule has 1 heterocycles. The molecule has 0 atom stereocenters. The van der Waals surface area contributed by atoms with Crippen LogP contribution in [0.5, 0.6) is 0 Å². The molecular weight excluding hydrogens is 190 g/mol. The number of rotatable bonds is 3. The highest BCUT2D eigenvalue weighted by Gasteiger charge is 2.23. The van der Waals surface area contributed by atoms with Crippen molar-refractivity contribution in [3.05, 3.63) is 0 Å². The molecule has 0 unspecified atom stereocenters. The van der Waals surface area contributed by atoms with Crippen molar-refractivity contribution >= 4 is 5.78 Å². The maximum atomic E-state index is 12.0. The van der Waals surface area contributed by atoms with Crippen LogP contribution in [0.2, 0.25) is 0 Å². The second-order valence-corrected chi connectivity index (χ2v) is 4.69. The predicted octanol–water partition coefficient (Wildman–Crippen LogP) is 1.47. The van der Waals surface area contributed by atoms with Crippen molar-refractivity contribution in [3.8, 4) is 0 Å². The van der Waals surface area contributed by atoms with Gasteiger partial charge in [0.05, 0.1) is 19.8 Å². The Morgan fingerprint density at radius 1 is 1.13 bits per heavy atom. The molecule has 3 nitrogen and oxygen atoms in total. The number of Topliss-reactive ketones (excluding diaryl/α,β-unsaturated/α-hetero) is 1. The van der Waals surface area contributed by atoms with Crippen LogP contribution < -0.4 is 0 Å². The highest BCUT2D eigenvalue weighted by atomic mass is 16.5. The Hall–Kier alpha value is -0.410. The van der Waals surface area contributed by atoms with Crippen LogP contribution in [-0.4, -0.2) is 43.5 Å². The molecule has 86 valence electrons. The van der Waals surface area contributed by atoms with Gasteiger partial charge < -0.3 is 4.74 Å². The summed E-state index contributed by atoms with van der Waals surface area (Å²) in [7, 11) is 0. The van der Waals surface area contributed by atoms with Crippen molar-refractivity contribution in [2.75, 3.05) is 32.8 Å². The molecule has 2 rings (SSSR count). The third-order valence-corrected chi connectivity index (χ3v) is 3.54. The predicted molar refractivity (Wildman–Crippen MR) is 58.8 cm³/mol. The fourth-order valence-electron chi connectivity index (χ4n) is 2.53. The summed E-state index contributed by atoms with van der Waals surface area (Å²) in [5.41, 5.74) is 0. The molecule has 0 radical (unpaired) electrons. The highest BCUT2D eigenvalue weighted by Crippen LogP contribution is 2.24. The average molecular weight is 211 g/mol. The van der Waals surface area contributed by atoms with E-state index in [9.17, 15) is 4.79 Å². The minimum Gasteiger partial charge on any atom is -0.379 e. The maximum Gasteiger partial charge on any atom is 0.149 e. The van der Waals surface area contributed by atoms with E-state index in [4.69, 9.17) is 4.74 Å². The molecule has 0 aromatic carbocycles. The number of carbonyl (C=O) groups is 1. The first-order valence-electron chi connectivity index (χ1n) is 6.19. The van der Waals surface area contributed by atoms with Crippen LogP contribution in [0.15, 0.2) is 0 Å². The van der Waals surface area contributed by atoms with Gasteiger partial charge in [-0.25, -0.2) is 0 Å². The summed E-state index contributed by atoms with van der Waals surface area (Å²) in [6.45, 7) is 4.10. The van der Waals surface area contributed by atoms with Gasteiger partial charge >= 0.3 is 0 Å². The van der Waals surface area contributed by atoms with Crippen molar-refractivity contribution in [2.45, 2.75) is 32.1 Å². The van der Waals surface area contributed by atoms with E-state index in [0.717, 1.165) is 39.1 Å². The van der Waals surface area contributed by atoms with Crippen molar-refractivity contribution in [3.63, 3.8) is 0 Å². The summed E-state index contributed by atoms with van der Waals surface area (Å²) in [5, 5.41) is 0. The summed E-state index contributed by atoms with van der Waals surface area (Å²) >= 11 is 0. The molecule has 0 aromatic heterocycles. The zero-order valence-corrected chi connectivity index (χ0v) is 9.41. The van der Waals surface area contributed by atoms with E-state index >= 15 is 0 Å². The van der Waals surface area contributed by atoms with Gasteiger partial charge in [0.1, 0.15) is 5.78 Å². The fraction of sp³-hybridized carbons (Fsp3) is 0.917. The first-order chi connectivity index (χ1) is 7.36. The molecule has 0 aromatic rings. The van der Waals surface area contributed by atoms with Crippen LogP contribution in [0.1, 0.15) is 32.1 Å². The van der Waals surface area contributed by atoms with E-state index in [1.807, 2.05) is 0 Å². The van der Waals surface area contributed by atoms with Gasteiger partial charge in [-0.1, -0.05) is 19.3 Å². The topological polar surface area (TPSA) is 29.5 Å². The van der Waals surface area contributed by atoms with Gasteiger partial charge in [-0.05, 0) is 12.8 Å². The first-order valence-corrected chi connectivity index (χ1v) is 6.19. The molecule has 0 N–H and O–H groups in total. The molecule has 1 aliphatic heterocycles. The van der Waals surface area contributed by atoms with Gasteiger partial charge in [0, 0.05) is 19.0 Å². The van der Waals surface area contributed by atoms with Crippen molar-refractivity contribution < 1.29 is 9.53 Å². The first kappa shape index (κ1) is 11.1. The normalized spacial score (nSPS) is 25.3. The zero-order chi connectivity index (χ0) is 10.5. The van der Waals surface area contributed by atoms with E-state index in [1.165, 1.54) is 19.3 Å². The Morgan fingerprint density at radius 2 is 1.80 bits per heavy atom. The van der Waals surface area contributed by atoms with Crippen LogP contribution in [0.25, 0.3) is 0 Å². The molecule has 15 heavy (non-hydrogen) atoms. The lowest BCUT2D eigenvalue weighted by Crippen LogP contribution is -2.41. The van der Waals surface area contributed by atoms with Crippen molar-refractivity contribution in [1.29, 1.82) is 0 Å². The van der Waals surface area contributed by atoms with E-state index in [0.29, 0.717) is 18.2 Å². The van der Waals surface area contributed by atoms with Gasteiger partial charge in [-0.3, -0.25) is 9.69 Å². The van der Waals surface area contributed by atoms with Crippen LogP contribution in [0.4, 0.5) is 0 Å². The Bertz CT molecular complexity index is 206. The van der Waals surface area contributed by atoms with Crippen molar-refractivity contribution in [2.24, 2.45) is 5.92 Å². The number of nitrogens with zero attached hydrogens (tertiary/aromatic N) is 1. The molecule has 0 bridgehead atoms. The van der Waals surface area contributed by atoms with Crippen LogP contribution in [0.3, 0.4) is 0 Å². The number of hydrogen-bond acceptors (Lipinski definition) is 3. The van der Waals surface area contributed by atoms with Gasteiger partial charge in [-0.2, -0.15) is 0 Å². The molecule has 1 saturated heterocycles. The number of carbonyl (C=O) groups excluding carboxylic acids is 1. The zero-order valence-electron chi connectivity index (χ0n) is 9.41. The molecular formula is C12H21NO2. The fourth-order valence-corrected chi connectivity index (χ4v) is 2.53. The number of ether oxygens (including phenoxy) is 1. The lowest BCUT2D eigenvalue weighted by molar-refractivity contribution is -0.125. The molecule has 0 spiro atoms. The van der Waals surface area contributed by atoms with Gasteiger partial charge in [-0.15, -0.1) is 0 Å². The molecule has 1 saturated carbocycles. The summed E-state index contributed by atoms with van der Waals surface area (Å²) < 4.78 is 5.27. The van der Waals surface area contributed by atoms with Gasteiger partial charge in [0.25, 0.3) is 0 Å². The highest BCUT2D eigenvalue weighted by molar-refractivity contribution is 5.83. The van der Waals surface area contributed by atoms with Crippen LogP contribution >= 0.6 is 0 Å². The second kappa shape index (κ2) is 5.61. The quantitative estimate of drug-likeness (QED) is 0.708. The summed E-state index contributed by atoms with van der Waals surface area (Å²) in [4.78, 5) is 14.2. The summed E-state index contributed by atoms with van der Waals surface area (Å²) in [6.07, 6.45) is 6.08. The minimum absolute atomic E-state index is 0.363. The van der Waals surface area contributed by atoms with Crippen LogP contribution in [-0.2, 0) is 9.53 Å². The standard InChI is InChI=1S/C12H21NO2/c14-12(11-4-2-1-3-5-11)10-13-6-8-15-9-7-13/h11H,1-10H2. The Morgan fingerprint density at radius 3 is 2.47 bits per heavy atom. The van der Waals surface area contributed by atoms with Gasteiger partial charge in [0.2, 0.25) is 0 Å². The van der Waals surface area contributed by atoms with E-state index < -0.39 is 0 Å². The third kappa shape index (κ3) is 3.28. The van der Waals surface area contributed by atoms with Crippen LogP contribution in [0, 0.1) is 5.92 Å². The van der Waals surface area contributed by atoms with Gasteiger partial charge in [0.15, 0.2) is 0 Å². The Kier molecular flexibility index (Phi) is 4.15. The largest absolute Gasteiger partial charge is 0.379 e. The average Bonchev–Trinajstić information content (AvgIpc) is 2.31. The smallest absolute Gasteiger partial charge is 0.149 e. The number of morpholine rings is 1. The summed E-state index contributed by atoms with van der Waals surface area (Å²) in [5.74, 6) is 0.832. The third-order valence-electron chi connectivity index (χ3n) is 3.54. The molecule has 0 amide bonds.